The lowest BCUT2D eigenvalue weighted by molar-refractivity contribution is 0.440. The van der Waals surface area contributed by atoms with Crippen molar-refractivity contribution in [3.63, 3.8) is 0 Å². The molecule has 0 heterocycles. The summed E-state index contributed by atoms with van der Waals surface area (Å²) in [7, 11) is -3.46. The summed E-state index contributed by atoms with van der Waals surface area (Å²) in [6, 6.07) is 5.27. The van der Waals surface area contributed by atoms with Gasteiger partial charge in [-0.3, -0.25) is 0 Å². The summed E-state index contributed by atoms with van der Waals surface area (Å²) in [5.41, 5.74) is -0.121. The molecule has 0 aliphatic carbocycles. The molecule has 0 radical (unpaired) electrons. The Kier molecular flexibility index (Phi) is 4.52. The van der Waals surface area contributed by atoms with Crippen LogP contribution in [0.1, 0.15) is 5.56 Å². The van der Waals surface area contributed by atoms with E-state index in [1.165, 1.54) is 0 Å². The van der Waals surface area contributed by atoms with E-state index in [-0.39, 0.29) is 5.56 Å². The molecule has 0 N–H and O–H groups in total. The zero-order chi connectivity index (χ0) is 16.5. The lowest BCUT2D eigenvalue weighted by atomic mass is 10.2. The van der Waals surface area contributed by atoms with E-state index in [0.717, 1.165) is 37.4 Å². The predicted molar refractivity (Wildman–Crippen MR) is 71.4 cm³/mol. The Bertz CT molecular complexity index is 788. The van der Waals surface area contributed by atoms with Crippen molar-refractivity contribution in [1.82, 2.24) is 4.31 Å². The third kappa shape index (κ3) is 3.12. The molecule has 0 atom stereocenters. The second-order valence-corrected chi connectivity index (χ2v) is 6.53. The Morgan fingerprint density at radius 3 is 2.09 bits per heavy atom. The molecule has 0 bridgehead atoms. The van der Waals surface area contributed by atoms with Crippen LogP contribution < -0.4 is 0 Å². The van der Waals surface area contributed by atoms with Crippen LogP contribution in [0.2, 0.25) is 0 Å². The van der Waals surface area contributed by atoms with Gasteiger partial charge in [-0.05, 0) is 18.2 Å². The zero-order valence-electron chi connectivity index (χ0n) is 11.4. The highest BCUT2D eigenvalue weighted by atomic mass is 32.2. The smallest absolute Gasteiger partial charge is 0.207 e. The van der Waals surface area contributed by atoms with E-state index in [1.807, 2.05) is 0 Å². The van der Waals surface area contributed by atoms with E-state index >= 15 is 0 Å². The summed E-state index contributed by atoms with van der Waals surface area (Å²) in [6.45, 7) is -0.498. The van der Waals surface area contributed by atoms with Crippen LogP contribution in [0.25, 0.3) is 0 Å². The van der Waals surface area contributed by atoms with Crippen LogP contribution in [0.3, 0.4) is 0 Å². The molecule has 0 aromatic heterocycles. The van der Waals surface area contributed by atoms with Crippen molar-refractivity contribution in [3.05, 3.63) is 65.2 Å². The number of rotatable bonds is 4. The molecule has 8 heteroatoms. The first kappa shape index (κ1) is 16.4. The molecule has 0 amide bonds. The fourth-order valence-electron chi connectivity index (χ4n) is 1.86. The van der Waals surface area contributed by atoms with Crippen molar-refractivity contribution in [3.8, 4) is 0 Å². The molecule has 3 nitrogen and oxygen atoms in total. The molecule has 2 aromatic carbocycles. The number of sulfonamides is 1. The van der Waals surface area contributed by atoms with Crippen LogP contribution >= 0.6 is 0 Å². The molecule has 0 saturated carbocycles. The molecule has 0 aliphatic heterocycles. The van der Waals surface area contributed by atoms with E-state index in [0.29, 0.717) is 10.4 Å². The number of hydrogen-bond acceptors (Lipinski definition) is 2. The van der Waals surface area contributed by atoms with Gasteiger partial charge in [0.15, 0.2) is 4.90 Å². The summed E-state index contributed by atoms with van der Waals surface area (Å²) in [5.74, 6) is -4.25. The summed E-state index contributed by atoms with van der Waals surface area (Å²) >= 11 is 0. The molecule has 2 rings (SSSR count). The summed E-state index contributed by atoms with van der Waals surface area (Å²) in [6.07, 6.45) is 0. The molecule has 0 fully saturated rings. The predicted octanol–water partition coefficient (Wildman–Crippen LogP) is 3.06. The monoisotopic (exact) mass is 333 g/mol. The van der Waals surface area contributed by atoms with Gasteiger partial charge in [-0.1, -0.05) is 12.1 Å². The Labute approximate surface area is 124 Å². The highest BCUT2D eigenvalue weighted by Gasteiger charge is 2.28. The van der Waals surface area contributed by atoms with Gasteiger partial charge in [-0.15, -0.1) is 0 Å². The molecule has 0 aliphatic rings. The number of benzene rings is 2. The van der Waals surface area contributed by atoms with Gasteiger partial charge < -0.3 is 0 Å². The topological polar surface area (TPSA) is 37.4 Å². The SMILES string of the molecule is CN(Cc1ccc(F)cc1F)S(=O)(=O)c1c(F)cccc1F. The molecule has 2 aromatic rings. The lowest BCUT2D eigenvalue weighted by Gasteiger charge is -2.18. The van der Waals surface area contributed by atoms with Gasteiger partial charge in [-0.25, -0.2) is 26.0 Å². The molecule has 0 unspecified atom stereocenters. The van der Waals surface area contributed by atoms with Gasteiger partial charge in [0.2, 0.25) is 10.0 Å². The normalized spacial score (nSPS) is 11.9. The van der Waals surface area contributed by atoms with Gasteiger partial charge in [-0.2, -0.15) is 4.31 Å². The Balaban J connectivity index is 2.37. The standard InChI is InChI=1S/C14H11F4NO2S/c1-19(8-9-5-6-10(15)7-13(9)18)22(20,21)14-11(16)3-2-4-12(14)17/h2-7H,8H2,1H3. The average Bonchev–Trinajstić information content (AvgIpc) is 2.41. The van der Waals surface area contributed by atoms with Crippen molar-refractivity contribution >= 4 is 10.0 Å². The van der Waals surface area contributed by atoms with E-state index in [4.69, 9.17) is 0 Å². The molecular weight excluding hydrogens is 322 g/mol. The van der Waals surface area contributed by atoms with Crippen molar-refractivity contribution < 1.29 is 26.0 Å². The minimum absolute atomic E-state index is 0.121. The van der Waals surface area contributed by atoms with Crippen LogP contribution in [0.5, 0.6) is 0 Å². The fraction of sp³-hybridized carbons (Fsp3) is 0.143. The molecule has 118 valence electrons. The molecule has 0 spiro atoms. The number of hydrogen-bond donors (Lipinski definition) is 0. The van der Waals surface area contributed by atoms with Crippen molar-refractivity contribution in [2.24, 2.45) is 0 Å². The van der Waals surface area contributed by atoms with Crippen LogP contribution in [0.15, 0.2) is 41.3 Å². The van der Waals surface area contributed by atoms with Gasteiger partial charge in [0.25, 0.3) is 0 Å². The quantitative estimate of drug-likeness (QED) is 0.807. The first-order valence-corrected chi connectivity index (χ1v) is 7.52. The zero-order valence-corrected chi connectivity index (χ0v) is 12.2. The summed E-state index contributed by atoms with van der Waals surface area (Å²) < 4.78 is 78.6. The van der Waals surface area contributed by atoms with Crippen LogP contribution in [0.4, 0.5) is 17.6 Å². The maximum atomic E-state index is 13.6. The second kappa shape index (κ2) is 6.05. The van der Waals surface area contributed by atoms with Gasteiger partial charge in [0, 0.05) is 25.2 Å². The average molecular weight is 333 g/mol. The molecular formula is C14H11F4NO2S. The first-order chi connectivity index (χ1) is 10.2. The summed E-state index contributed by atoms with van der Waals surface area (Å²) in [5, 5.41) is 0. The maximum Gasteiger partial charge on any atom is 0.248 e. The Morgan fingerprint density at radius 2 is 1.55 bits per heavy atom. The summed E-state index contributed by atoms with van der Waals surface area (Å²) in [4.78, 5) is -1.11. The van der Waals surface area contributed by atoms with E-state index < -0.39 is 44.7 Å². The van der Waals surface area contributed by atoms with Crippen LogP contribution in [-0.2, 0) is 16.6 Å². The van der Waals surface area contributed by atoms with Gasteiger partial charge >= 0.3 is 0 Å². The molecule has 0 saturated heterocycles. The molecule has 22 heavy (non-hydrogen) atoms. The minimum Gasteiger partial charge on any atom is -0.207 e. The van der Waals surface area contributed by atoms with Gasteiger partial charge in [0.05, 0.1) is 0 Å². The van der Waals surface area contributed by atoms with E-state index in [2.05, 4.69) is 0 Å². The Morgan fingerprint density at radius 1 is 0.955 bits per heavy atom. The Hall–Kier alpha value is -1.93. The second-order valence-electron chi connectivity index (χ2n) is 4.55. The van der Waals surface area contributed by atoms with Crippen molar-refractivity contribution in [1.29, 1.82) is 0 Å². The van der Waals surface area contributed by atoms with Crippen LogP contribution in [0, 0.1) is 23.3 Å². The van der Waals surface area contributed by atoms with Crippen LogP contribution in [-0.4, -0.2) is 19.8 Å². The lowest BCUT2D eigenvalue weighted by Crippen LogP contribution is -2.28. The minimum atomic E-state index is -4.50. The first-order valence-electron chi connectivity index (χ1n) is 6.08. The number of nitrogens with zero attached hydrogens (tertiary/aromatic N) is 1. The van der Waals surface area contributed by atoms with Gasteiger partial charge in [0.1, 0.15) is 23.3 Å². The largest absolute Gasteiger partial charge is 0.248 e. The third-order valence-electron chi connectivity index (χ3n) is 3.00. The number of halogens is 4. The van der Waals surface area contributed by atoms with E-state index in [9.17, 15) is 26.0 Å². The van der Waals surface area contributed by atoms with Crippen molar-refractivity contribution in [2.75, 3.05) is 7.05 Å². The van der Waals surface area contributed by atoms with Crippen molar-refractivity contribution in [2.45, 2.75) is 11.4 Å². The fourth-order valence-corrected chi connectivity index (χ4v) is 3.11. The highest BCUT2D eigenvalue weighted by molar-refractivity contribution is 7.89. The third-order valence-corrected chi connectivity index (χ3v) is 4.85. The van der Waals surface area contributed by atoms with E-state index in [1.54, 1.807) is 0 Å². The highest BCUT2D eigenvalue weighted by Crippen LogP contribution is 2.23. The maximum absolute atomic E-state index is 13.6.